The second kappa shape index (κ2) is 5.22. The van der Waals surface area contributed by atoms with Crippen LogP contribution in [0.25, 0.3) is 0 Å². The first kappa shape index (κ1) is 12.6. The summed E-state index contributed by atoms with van der Waals surface area (Å²) >= 11 is 0. The molecule has 1 aromatic rings. The zero-order valence-electron chi connectivity index (χ0n) is 10.1. The van der Waals surface area contributed by atoms with Crippen LogP contribution in [0, 0.1) is 5.82 Å². The van der Waals surface area contributed by atoms with Crippen LogP contribution in [0.2, 0.25) is 0 Å². The molecule has 0 aliphatic carbocycles. The second-order valence-electron chi connectivity index (χ2n) is 4.43. The zero-order valence-corrected chi connectivity index (χ0v) is 10.1. The standard InChI is InChI=1S/C12H17FN4O/c13-9-1-2-10(14)11(7-9)17-5-3-16(4-6-17)8-12(15)18/h1-2,7H,3-6,8,14H2,(H2,15,18). The van der Waals surface area contributed by atoms with E-state index in [0.29, 0.717) is 24.5 Å². The molecule has 0 bridgehead atoms. The van der Waals surface area contributed by atoms with Gasteiger partial charge in [0.25, 0.3) is 0 Å². The first-order valence-corrected chi connectivity index (χ1v) is 5.87. The van der Waals surface area contributed by atoms with Gasteiger partial charge in [-0.05, 0) is 18.2 Å². The molecule has 0 aromatic heterocycles. The lowest BCUT2D eigenvalue weighted by atomic mass is 10.2. The molecular weight excluding hydrogens is 235 g/mol. The number of benzene rings is 1. The van der Waals surface area contributed by atoms with Gasteiger partial charge in [-0.3, -0.25) is 9.69 Å². The van der Waals surface area contributed by atoms with E-state index in [0.717, 1.165) is 13.1 Å². The molecule has 5 nitrogen and oxygen atoms in total. The van der Waals surface area contributed by atoms with Gasteiger partial charge in [-0.15, -0.1) is 0 Å². The van der Waals surface area contributed by atoms with Crippen LogP contribution in [0.5, 0.6) is 0 Å². The predicted molar refractivity (Wildman–Crippen MR) is 68.7 cm³/mol. The van der Waals surface area contributed by atoms with E-state index >= 15 is 0 Å². The van der Waals surface area contributed by atoms with Gasteiger partial charge in [0.1, 0.15) is 5.82 Å². The van der Waals surface area contributed by atoms with Crippen LogP contribution >= 0.6 is 0 Å². The first-order valence-electron chi connectivity index (χ1n) is 5.87. The normalized spacial score (nSPS) is 16.8. The average Bonchev–Trinajstić information content (AvgIpc) is 2.33. The fraction of sp³-hybridized carbons (Fsp3) is 0.417. The number of nitrogens with two attached hydrogens (primary N) is 2. The van der Waals surface area contributed by atoms with Gasteiger partial charge in [0, 0.05) is 26.2 Å². The van der Waals surface area contributed by atoms with E-state index in [1.54, 1.807) is 6.07 Å². The predicted octanol–water partition coefficient (Wildman–Crippen LogP) is 0.0152. The number of rotatable bonds is 3. The molecular formula is C12H17FN4O. The highest BCUT2D eigenvalue weighted by atomic mass is 19.1. The molecule has 1 aliphatic heterocycles. The Hall–Kier alpha value is -1.82. The highest BCUT2D eigenvalue weighted by Crippen LogP contribution is 2.25. The van der Waals surface area contributed by atoms with Gasteiger partial charge in [0.2, 0.25) is 5.91 Å². The highest BCUT2D eigenvalue weighted by molar-refractivity contribution is 5.76. The molecule has 98 valence electrons. The van der Waals surface area contributed by atoms with Gasteiger partial charge >= 0.3 is 0 Å². The molecule has 18 heavy (non-hydrogen) atoms. The molecule has 1 amide bonds. The number of nitrogens with zero attached hydrogens (tertiary/aromatic N) is 2. The van der Waals surface area contributed by atoms with Crippen molar-refractivity contribution < 1.29 is 9.18 Å². The molecule has 1 aromatic carbocycles. The topological polar surface area (TPSA) is 75.6 Å². The summed E-state index contributed by atoms with van der Waals surface area (Å²) < 4.78 is 13.2. The van der Waals surface area contributed by atoms with Gasteiger partial charge in [0.15, 0.2) is 0 Å². The van der Waals surface area contributed by atoms with Crippen LogP contribution in [0.15, 0.2) is 18.2 Å². The van der Waals surface area contributed by atoms with Gasteiger partial charge in [-0.1, -0.05) is 0 Å². The van der Waals surface area contributed by atoms with E-state index < -0.39 is 0 Å². The van der Waals surface area contributed by atoms with E-state index in [2.05, 4.69) is 0 Å². The van der Waals surface area contributed by atoms with Gasteiger partial charge in [-0.2, -0.15) is 0 Å². The molecule has 1 aliphatic rings. The maximum atomic E-state index is 13.2. The fourth-order valence-corrected chi connectivity index (χ4v) is 2.16. The van der Waals surface area contributed by atoms with Crippen molar-refractivity contribution in [2.45, 2.75) is 0 Å². The number of hydrogen-bond acceptors (Lipinski definition) is 4. The summed E-state index contributed by atoms with van der Waals surface area (Å²) in [6.07, 6.45) is 0. The minimum Gasteiger partial charge on any atom is -0.397 e. The number of hydrogen-bond donors (Lipinski definition) is 2. The molecule has 1 heterocycles. The number of carbonyl (C=O) groups is 1. The van der Waals surface area contributed by atoms with E-state index in [-0.39, 0.29) is 18.3 Å². The van der Waals surface area contributed by atoms with Gasteiger partial charge < -0.3 is 16.4 Å². The summed E-state index contributed by atoms with van der Waals surface area (Å²) in [6, 6.07) is 4.36. The Morgan fingerprint density at radius 2 is 1.94 bits per heavy atom. The highest BCUT2D eigenvalue weighted by Gasteiger charge is 2.19. The molecule has 0 radical (unpaired) electrons. The van der Waals surface area contributed by atoms with E-state index in [4.69, 9.17) is 11.5 Å². The van der Waals surface area contributed by atoms with Crippen molar-refractivity contribution in [3.8, 4) is 0 Å². The summed E-state index contributed by atoms with van der Waals surface area (Å²) in [7, 11) is 0. The Labute approximate surface area is 105 Å². The summed E-state index contributed by atoms with van der Waals surface area (Å²) in [5.41, 5.74) is 12.3. The van der Waals surface area contributed by atoms with Crippen molar-refractivity contribution in [1.82, 2.24) is 4.90 Å². The maximum absolute atomic E-state index is 13.2. The number of amides is 1. The van der Waals surface area contributed by atoms with Gasteiger partial charge in [0.05, 0.1) is 17.9 Å². The average molecular weight is 252 g/mol. The van der Waals surface area contributed by atoms with Crippen LogP contribution in [0.1, 0.15) is 0 Å². The number of anilines is 2. The summed E-state index contributed by atoms with van der Waals surface area (Å²) in [6.45, 7) is 3.13. The summed E-state index contributed by atoms with van der Waals surface area (Å²) in [4.78, 5) is 14.8. The third kappa shape index (κ3) is 2.89. The fourth-order valence-electron chi connectivity index (χ4n) is 2.16. The molecule has 0 unspecified atom stereocenters. The lowest BCUT2D eigenvalue weighted by Crippen LogP contribution is -2.49. The summed E-state index contributed by atoms with van der Waals surface area (Å²) in [5, 5.41) is 0. The number of carbonyl (C=O) groups excluding carboxylic acids is 1. The van der Waals surface area contributed by atoms with E-state index in [1.165, 1.54) is 12.1 Å². The Morgan fingerprint density at radius 1 is 1.28 bits per heavy atom. The number of piperazine rings is 1. The smallest absolute Gasteiger partial charge is 0.231 e. The van der Waals surface area contributed by atoms with Crippen molar-refractivity contribution in [2.75, 3.05) is 43.4 Å². The lowest BCUT2D eigenvalue weighted by molar-refractivity contribution is -0.119. The lowest BCUT2D eigenvalue weighted by Gasteiger charge is -2.36. The quantitative estimate of drug-likeness (QED) is 0.743. The third-order valence-electron chi connectivity index (χ3n) is 3.08. The Kier molecular flexibility index (Phi) is 3.66. The molecule has 0 spiro atoms. The van der Waals surface area contributed by atoms with Crippen LogP contribution < -0.4 is 16.4 Å². The molecule has 1 fully saturated rings. The van der Waals surface area contributed by atoms with Crippen LogP contribution in [-0.2, 0) is 4.79 Å². The SMILES string of the molecule is NC(=O)CN1CCN(c2cc(F)ccc2N)CC1. The Balaban J connectivity index is 2.01. The van der Waals surface area contributed by atoms with Crippen LogP contribution in [0.3, 0.4) is 0 Å². The van der Waals surface area contributed by atoms with Crippen molar-refractivity contribution in [2.24, 2.45) is 5.73 Å². The van der Waals surface area contributed by atoms with Crippen molar-refractivity contribution in [3.63, 3.8) is 0 Å². The van der Waals surface area contributed by atoms with E-state index in [1.807, 2.05) is 9.80 Å². The molecule has 0 atom stereocenters. The summed E-state index contributed by atoms with van der Waals surface area (Å²) in [5.74, 6) is -0.618. The molecule has 1 saturated heterocycles. The van der Waals surface area contributed by atoms with E-state index in [9.17, 15) is 9.18 Å². The minimum absolute atomic E-state index is 0.270. The Bertz CT molecular complexity index is 444. The monoisotopic (exact) mass is 252 g/mol. The largest absolute Gasteiger partial charge is 0.397 e. The number of primary amides is 1. The third-order valence-corrected chi connectivity index (χ3v) is 3.08. The van der Waals surface area contributed by atoms with Crippen LogP contribution in [0.4, 0.5) is 15.8 Å². The molecule has 4 N–H and O–H groups in total. The van der Waals surface area contributed by atoms with Gasteiger partial charge in [-0.25, -0.2) is 4.39 Å². The minimum atomic E-state index is -0.325. The Morgan fingerprint density at radius 3 is 2.56 bits per heavy atom. The molecule has 0 saturated carbocycles. The van der Waals surface area contributed by atoms with Crippen molar-refractivity contribution in [1.29, 1.82) is 0 Å². The molecule has 6 heteroatoms. The maximum Gasteiger partial charge on any atom is 0.231 e. The molecule has 2 rings (SSSR count). The van der Waals surface area contributed by atoms with Crippen LogP contribution in [-0.4, -0.2) is 43.5 Å². The zero-order chi connectivity index (χ0) is 13.1. The second-order valence-corrected chi connectivity index (χ2v) is 4.43. The first-order chi connectivity index (χ1) is 8.56. The number of halogens is 1. The van der Waals surface area contributed by atoms with Crippen molar-refractivity contribution in [3.05, 3.63) is 24.0 Å². The van der Waals surface area contributed by atoms with Crippen molar-refractivity contribution >= 4 is 17.3 Å². The number of nitrogen functional groups attached to an aromatic ring is 1.